The van der Waals surface area contributed by atoms with Gasteiger partial charge in [-0.05, 0) is 26.6 Å². The van der Waals surface area contributed by atoms with Crippen LogP contribution in [-0.2, 0) is 0 Å². The molecule has 0 radical (unpaired) electrons. The summed E-state index contributed by atoms with van der Waals surface area (Å²) in [7, 11) is 5.97. The molecule has 0 saturated carbocycles. The SMILES string of the molecule is CNc1cc(OCCCN(C)C)ccn1. The molecule has 1 rings (SSSR count). The summed E-state index contributed by atoms with van der Waals surface area (Å²) < 4.78 is 5.59. The van der Waals surface area contributed by atoms with Crippen molar-refractivity contribution >= 4 is 5.82 Å². The third-order valence-corrected chi connectivity index (χ3v) is 2.01. The van der Waals surface area contributed by atoms with Crippen molar-refractivity contribution in [3.05, 3.63) is 18.3 Å². The van der Waals surface area contributed by atoms with E-state index in [1.54, 1.807) is 6.20 Å². The smallest absolute Gasteiger partial charge is 0.129 e. The van der Waals surface area contributed by atoms with Gasteiger partial charge in [0.2, 0.25) is 0 Å². The second-order valence-electron chi connectivity index (χ2n) is 3.63. The molecule has 4 nitrogen and oxygen atoms in total. The van der Waals surface area contributed by atoms with Crippen LogP contribution in [0.1, 0.15) is 6.42 Å². The van der Waals surface area contributed by atoms with Crippen LogP contribution in [0.2, 0.25) is 0 Å². The maximum atomic E-state index is 5.59. The second kappa shape index (κ2) is 6.24. The summed E-state index contributed by atoms with van der Waals surface area (Å²) in [4.78, 5) is 6.26. The molecule has 0 saturated heterocycles. The van der Waals surface area contributed by atoms with E-state index in [-0.39, 0.29) is 0 Å². The summed E-state index contributed by atoms with van der Waals surface area (Å²) in [6, 6.07) is 3.77. The Morgan fingerprint density at radius 1 is 1.47 bits per heavy atom. The number of rotatable bonds is 6. The van der Waals surface area contributed by atoms with Crippen molar-refractivity contribution < 1.29 is 4.74 Å². The molecule has 0 aliphatic heterocycles. The normalized spacial score (nSPS) is 10.4. The van der Waals surface area contributed by atoms with Crippen LogP contribution in [0.4, 0.5) is 5.82 Å². The van der Waals surface area contributed by atoms with Gasteiger partial charge in [-0.1, -0.05) is 0 Å². The average Bonchev–Trinajstić information content (AvgIpc) is 2.24. The first-order valence-electron chi connectivity index (χ1n) is 5.13. The highest BCUT2D eigenvalue weighted by molar-refractivity contribution is 5.39. The van der Waals surface area contributed by atoms with Crippen LogP contribution in [-0.4, -0.2) is 44.2 Å². The lowest BCUT2D eigenvalue weighted by Gasteiger charge is -2.10. The molecule has 0 aliphatic rings. The Labute approximate surface area is 91.3 Å². The quantitative estimate of drug-likeness (QED) is 0.720. The average molecular weight is 209 g/mol. The number of nitrogens with one attached hydrogen (secondary N) is 1. The van der Waals surface area contributed by atoms with Gasteiger partial charge in [-0.2, -0.15) is 0 Å². The number of nitrogens with zero attached hydrogens (tertiary/aromatic N) is 2. The first-order chi connectivity index (χ1) is 7.22. The third kappa shape index (κ3) is 4.65. The van der Waals surface area contributed by atoms with Crippen molar-refractivity contribution in [3.8, 4) is 5.75 Å². The van der Waals surface area contributed by atoms with Crippen LogP contribution in [0.3, 0.4) is 0 Å². The lowest BCUT2D eigenvalue weighted by atomic mass is 10.4. The number of anilines is 1. The lowest BCUT2D eigenvalue weighted by molar-refractivity contribution is 0.281. The molecule has 1 aromatic heterocycles. The van der Waals surface area contributed by atoms with Gasteiger partial charge in [-0.3, -0.25) is 0 Å². The molecule has 0 aliphatic carbocycles. The zero-order valence-corrected chi connectivity index (χ0v) is 9.66. The zero-order chi connectivity index (χ0) is 11.1. The van der Waals surface area contributed by atoms with Crippen molar-refractivity contribution in [2.75, 3.05) is 39.6 Å². The standard InChI is InChI=1S/C11H19N3O/c1-12-11-9-10(5-6-13-11)15-8-4-7-14(2)3/h5-6,9H,4,7-8H2,1-3H3,(H,12,13). The Kier molecular flexibility index (Phi) is 4.90. The predicted molar refractivity (Wildman–Crippen MR) is 62.4 cm³/mol. The molecule has 0 amide bonds. The van der Waals surface area contributed by atoms with Gasteiger partial charge < -0.3 is 15.0 Å². The van der Waals surface area contributed by atoms with Crippen LogP contribution >= 0.6 is 0 Å². The monoisotopic (exact) mass is 209 g/mol. The van der Waals surface area contributed by atoms with Crippen molar-refractivity contribution in [1.82, 2.24) is 9.88 Å². The fourth-order valence-corrected chi connectivity index (χ4v) is 1.21. The summed E-state index contributed by atoms with van der Waals surface area (Å²) in [5, 5.41) is 2.98. The second-order valence-corrected chi connectivity index (χ2v) is 3.63. The Morgan fingerprint density at radius 3 is 2.93 bits per heavy atom. The third-order valence-electron chi connectivity index (χ3n) is 2.01. The lowest BCUT2D eigenvalue weighted by Crippen LogP contribution is -2.15. The fourth-order valence-electron chi connectivity index (χ4n) is 1.21. The van der Waals surface area contributed by atoms with Gasteiger partial charge in [0, 0.05) is 25.9 Å². The summed E-state index contributed by atoms with van der Waals surface area (Å²) in [5.41, 5.74) is 0. The summed E-state index contributed by atoms with van der Waals surface area (Å²) in [6.07, 6.45) is 2.78. The van der Waals surface area contributed by atoms with Crippen molar-refractivity contribution in [1.29, 1.82) is 0 Å². The molecule has 1 aromatic rings. The van der Waals surface area contributed by atoms with Gasteiger partial charge in [-0.15, -0.1) is 0 Å². The van der Waals surface area contributed by atoms with Gasteiger partial charge >= 0.3 is 0 Å². The van der Waals surface area contributed by atoms with E-state index in [0.717, 1.165) is 31.1 Å². The summed E-state index contributed by atoms with van der Waals surface area (Å²) in [5.74, 6) is 1.70. The van der Waals surface area contributed by atoms with E-state index >= 15 is 0 Å². The van der Waals surface area contributed by atoms with Crippen LogP contribution in [0, 0.1) is 0 Å². The molecule has 1 heterocycles. The van der Waals surface area contributed by atoms with Gasteiger partial charge in [0.1, 0.15) is 11.6 Å². The number of ether oxygens (including phenoxy) is 1. The first-order valence-corrected chi connectivity index (χ1v) is 5.13. The molecule has 0 unspecified atom stereocenters. The number of hydrogen-bond acceptors (Lipinski definition) is 4. The molecule has 0 fully saturated rings. The van der Waals surface area contributed by atoms with E-state index in [9.17, 15) is 0 Å². The van der Waals surface area contributed by atoms with E-state index in [4.69, 9.17) is 4.74 Å². The fraction of sp³-hybridized carbons (Fsp3) is 0.545. The van der Waals surface area contributed by atoms with Gasteiger partial charge in [0.15, 0.2) is 0 Å². The van der Waals surface area contributed by atoms with Gasteiger partial charge in [0.25, 0.3) is 0 Å². The Balaban J connectivity index is 2.30. The van der Waals surface area contributed by atoms with Crippen LogP contribution in [0.25, 0.3) is 0 Å². The van der Waals surface area contributed by atoms with Crippen molar-refractivity contribution in [3.63, 3.8) is 0 Å². The topological polar surface area (TPSA) is 37.4 Å². The molecular formula is C11H19N3O. The number of pyridine rings is 1. The van der Waals surface area contributed by atoms with E-state index in [2.05, 4.69) is 29.3 Å². The van der Waals surface area contributed by atoms with Gasteiger partial charge in [0.05, 0.1) is 6.61 Å². The molecule has 0 aromatic carbocycles. The minimum atomic E-state index is 0.741. The van der Waals surface area contributed by atoms with Gasteiger partial charge in [-0.25, -0.2) is 4.98 Å². The van der Waals surface area contributed by atoms with Crippen molar-refractivity contribution in [2.24, 2.45) is 0 Å². The zero-order valence-electron chi connectivity index (χ0n) is 9.66. The van der Waals surface area contributed by atoms with E-state index in [0.29, 0.717) is 0 Å². The predicted octanol–water partition coefficient (Wildman–Crippen LogP) is 1.45. The molecule has 0 spiro atoms. The number of hydrogen-bond donors (Lipinski definition) is 1. The van der Waals surface area contributed by atoms with Crippen LogP contribution in [0.15, 0.2) is 18.3 Å². The van der Waals surface area contributed by atoms with E-state index < -0.39 is 0 Å². The maximum Gasteiger partial charge on any atom is 0.129 e. The van der Waals surface area contributed by atoms with E-state index in [1.807, 2.05) is 19.2 Å². The first kappa shape index (κ1) is 11.8. The number of aromatic nitrogens is 1. The summed E-state index contributed by atoms with van der Waals surface area (Å²) in [6.45, 7) is 1.79. The van der Waals surface area contributed by atoms with E-state index in [1.165, 1.54) is 0 Å². The molecule has 15 heavy (non-hydrogen) atoms. The molecule has 84 valence electrons. The highest BCUT2D eigenvalue weighted by atomic mass is 16.5. The molecule has 0 atom stereocenters. The Hall–Kier alpha value is -1.29. The molecule has 1 N–H and O–H groups in total. The largest absolute Gasteiger partial charge is 0.493 e. The maximum absolute atomic E-state index is 5.59. The highest BCUT2D eigenvalue weighted by Crippen LogP contribution is 2.13. The van der Waals surface area contributed by atoms with Crippen LogP contribution in [0.5, 0.6) is 5.75 Å². The van der Waals surface area contributed by atoms with Crippen LogP contribution < -0.4 is 10.1 Å². The minimum absolute atomic E-state index is 0.741. The Bertz CT molecular complexity index is 289. The van der Waals surface area contributed by atoms with Crippen molar-refractivity contribution in [2.45, 2.75) is 6.42 Å². The molecule has 0 bridgehead atoms. The summed E-state index contributed by atoms with van der Waals surface area (Å²) >= 11 is 0. The Morgan fingerprint density at radius 2 is 2.27 bits per heavy atom. The minimum Gasteiger partial charge on any atom is -0.493 e. The highest BCUT2D eigenvalue weighted by Gasteiger charge is 1.96. The molecule has 4 heteroatoms. The molecular weight excluding hydrogens is 190 g/mol.